The van der Waals surface area contributed by atoms with Crippen LogP contribution in [-0.2, 0) is 6.42 Å². The van der Waals surface area contributed by atoms with Gasteiger partial charge < -0.3 is 10.6 Å². The third-order valence-electron chi connectivity index (χ3n) is 3.24. The molecule has 4 heteroatoms. The SMILES string of the molecule is Cc1ccccc1CCNC(=O)Nc1ccccc1C#N. The Morgan fingerprint density at radius 2 is 1.86 bits per heavy atom. The van der Waals surface area contributed by atoms with Crippen molar-refractivity contribution in [1.82, 2.24) is 5.32 Å². The van der Waals surface area contributed by atoms with Crippen LogP contribution in [0, 0.1) is 18.3 Å². The number of carbonyl (C=O) groups is 1. The van der Waals surface area contributed by atoms with Gasteiger partial charge in [-0.05, 0) is 36.6 Å². The van der Waals surface area contributed by atoms with Gasteiger partial charge in [-0.2, -0.15) is 5.26 Å². The normalized spacial score (nSPS) is 9.71. The number of hydrogen-bond acceptors (Lipinski definition) is 2. The monoisotopic (exact) mass is 279 g/mol. The minimum atomic E-state index is -0.300. The molecule has 0 radical (unpaired) electrons. The summed E-state index contributed by atoms with van der Waals surface area (Å²) in [5.41, 5.74) is 3.41. The van der Waals surface area contributed by atoms with Crippen LogP contribution in [0.2, 0.25) is 0 Å². The summed E-state index contributed by atoms with van der Waals surface area (Å²) in [6.45, 7) is 2.60. The molecule has 0 saturated heterocycles. The van der Waals surface area contributed by atoms with E-state index in [1.807, 2.05) is 18.2 Å². The Labute approximate surface area is 124 Å². The smallest absolute Gasteiger partial charge is 0.319 e. The number of benzene rings is 2. The van der Waals surface area contributed by atoms with Crippen LogP contribution in [0.1, 0.15) is 16.7 Å². The first kappa shape index (κ1) is 14.6. The number of rotatable bonds is 4. The first-order chi connectivity index (χ1) is 10.2. The molecule has 2 aromatic carbocycles. The van der Waals surface area contributed by atoms with E-state index < -0.39 is 0 Å². The Balaban J connectivity index is 1.86. The summed E-state index contributed by atoms with van der Waals surface area (Å²) in [4.78, 5) is 11.8. The third-order valence-corrected chi connectivity index (χ3v) is 3.24. The maximum atomic E-state index is 11.8. The van der Waals surface area contributed by atoms with Gasteiger partial charge in [0.15, 0.2) is 0 Å². The van der Waals surface area contributed by atoms with E-state index in [0.717, 1.165) is 6.42 Å². The lowest BCUT2D eigenvalue weighted by Crippen LogP contribution is -2.30. The standard InChI is InChI=1S/C17H17N3O/c1-13-6-2-3-7-14(13)10-11-19-17(21)20-16-9-5-4-8-15(16)12-18/h2-9H,10-11H2,1H3,(H2,19,20,21). The van der Waals surface area contributed by atoms with Gasteiger partial charge in [0, 0.05) is 6.54 Å². The summed E-state index contributed by atoms with van der Waals surface area (Å²) >= 11 is 0. The Kier molecular flexibility index (Phi) is 4.94. The Morgan fingerprint density at radius 1 is 1.14 bits per heavy atom. The molecule has 0 aliphatic heterocycles. The van der Waals surface area contributed by atoms with Gasteiger partial charge in [0.25, 0.3) is 0 Å². The molecule has 0 heterocycles. The van der Waals surface area contributed by atoms with E-state index in [-0.39, 0.29) is 6.03 Å². The van der Waals surface area contributed by atoms with Crippen molar-refractivity contribution in [3.8, 4) is 6.07 Å². The van der Waals surface area contributed by atoms with Crippen molar-refractivity contribution in [2.24, 2.45) is 0 Å². The fraction of sp³-hybridized carbons (Fsp3) is 0.176. The van der Waals surface area contributed by atoms with Crippen molar-refractivity contribution in [2.75, 3.05) is 11.9 Å². The van der Waals surface area contributed by atoms with Gasteiger partial charge in [0.1, 0.15) is 6.07 Å². The summed E-state index contributed by atoms with van der Waals surface area (Å²) in [7, 11) is 0. The lowest BCUT2D eigenvalue weighted by molar-refractivity contribution is 0.252. The molecule has 0 fully saturated rings. The van der Waals surface area contributed by atoms with Gasteiger partial charge in [0.2, 0.25) is 0 Å². The summed E-state index contributed by atoms with van der Waals surface area (Å²) in [6.07, 6.45) is 0.778. The molecule has 0 aromatic heterocycles. The van der Waals surface area contributed by atoms with Crippen LogP contribution in [0.5, 0.6) is 0 Å². The van der Waals surface area contributed by atoms with E-state index in [0.29, 0.717) is 17.8 Å². The Morgan fingerprint density at radius 3 is 2.62 bits per heavy atom. The zero-order valence-corrected chi connectivity index (χ0v) is 11.9. The minimum absolute atomic E-state index is 0.300. The Hall–Kier alpha value is -2.80. The quantitative estimate of drug-likeness (QED) is 0.902. The second-order valence-electron chi connectivity index (χ2n) is 4.71. The summed E-state index contributed by atoms with van der Waals surface area (Å²) in [5, 5.41) is 14.5. The largest absolute Gasteiger partial charge is 0.338 e. The van der Waals surface area contributed by atoms with Crippen molar-refractivity contribution in [2.45, 2.75) is 13.3 Å². The molecule has 106 valence electrons. The molecule has 2 rings (SSSR count). The maximum Gasteiger partial charge on any atom is 0.319 e. The fourth-order valence-electron chi connectivity index (χ4n) is 2.06. The number of nitrogens with zero attached hydrogens (tertiary/aromatic N) is 1. The highest BCUT2D eigenvalue weighted by atomic mass is 16.2. The molecular formula is C17H17N3O. The van der Waals surface area contributed by atoms with Crippen LogP contribution in [0.4, 0.5) is 10.5 Å². The van der Waals surface area contributed by atoms with Gasteiger partial charge in [-0.1, -0.05) is 36.4 Å². The first-order valence-electron chi connectivity index (χ1n) is 6.79. The molecule has 0 bridgehead atoms. The zero-order chi connectivity index (χ0) is 15.1. The number of carbonyl (C=O) groups excluding carboxylic acids is 1. The van der Waals surface area contributed by atoms with Gasteiger partial charge in [0.05, 0.1) is 11.3 Å². The molecule has 2 aromatic rings. The van der Waals surface area contributed by atoms with Crippen molar-refractivity contribution < 1.29 is 4.79 Å². The van der Waals surface area contributed by atoms with E-state index in [9.17, 15) is 4.79 Å². The Bertz CT molecular complexity index is 674. The number of anilines is 1. The van der Waals surface area contributed by atoms with E-state index >= 15 is 0 Å². The molecule has 0 unspecified atom stereocenters. The summed E-state index contributed by atoms with van der Waals surface area (Å²) in [6, 6.07) is 16.8. The molecule has 21 heavy (non-hydrogen) atoms. The number of aryl methyl sites for hydroxylation is 1. The van der Waals surface area contributed by atoms with Gasteiger partial charge >= 0.3 is 6.03 Å². The molecule has 0 atom stereocenters. The second kappa shape index (κ2) is 7.11. The molecule has 2 amide bonds. The second-order valence-corrected chi connectivity index (χ2v) is 4.71. The average Bonchev–Trinajstić information content (AvgIpc) is 2.50. The zero-order valence-electron chi connectivity index (χ0n) is 11.9. The van der Waals surface area contributed by atoms with E-state index in [1.54, 1.807) is 24.3 Å². The highest BCUT2D eigenvalue weighted by Gasteiger charge is 2.05. The number of urea groups is 1. The van der Waals surface area contributed by atoms with Crippen LogP contribution in [-0.4, -0.2) is 12.6 Å². The molecule has 2 N–H and O–H groups in total. The van der Waals surface area contributed by atoms with Gasteiger partial charge in [-0.15, -0.1) is 0 Å². The molecule has 4 nitrogen and oxygen atoms in total. The van der Waals surface area contributed by atoms with E-state index in [4.69, 9.17) is 5.26 Å². The third kappa shape index (κ3) is 4.08. The first-order valence-corrected chi connectivity index (χ1v) is 6.79. The van der Waals surface area contributed by atoms with Gasteiger partial charge in [-0.3, -0.25) is 0 Å². The minimum Gasteiger partial charge on any atom is -0.338 e. The van der Waals surface area contributed by atoms with Crippen molar-refractivity contribution >= 4 is 11.7 Å². The number of hydrogen-bond donors (Lipinski definition) is 2. The molecule has 0 aliphatic carbocycles. The van der Waals surface area contributed by atoms with Crippen molar-refractivity contribution in [3.63, 3.8) is 0 Å². The predicted octanol–water partition coefficient (Wildman–Crippen LogP) is 3.23. The van der Waals surface area contributed by atoms with E-state index in [1.165, 1.54) is 11.1 Å². The lowest BCUT2D eigenvalue weighted by atomic mass is 10.1. The number of amides is 2. The maximum absolute atomic E-state index is 11.8. The topological polar surface area (TPSA) is 64.9 Å². The van der Waals surface area contributed by atoms with Crippen LogP contribution >= 0.6 is 0 Å². The van der Waals surface area contributed by atoms with Crippen LogP contribution in [0.15, 0.2) is 48.5 Å². The number of nitrogens with one attached hydrogen (secondary N) is 2. The molecule has 0 aliphatic rings. The highest BCUT2D eigenvalue weighted by molar-refractivity contribution is 5.90. The van der Waals surface area contributed by atoms with Crippen LogP contribution in [0.25, 0.3) is 0 Å². The van der Waals surface area contributed by atoms with Crippen molar-refractivity contribution in [3.05, 3.63) is 65.2 Å². The number of para-hydroxylation sites is 1. The summed E-state index contributed by atoms with van der Waals surface area (Å²) in [5.74, 6) is 0. The summed E-state index contributed by atoms with van der Waals surface area (Å²) < 4.78 is 0. The average molecular weight is 279 g/mol. The van der Waals surface area contributed by atoms with Crippen LogP contribution < -0.4 is 10.6 Å². The van der Waals surface area contributed by atoms with E-state index in [2.05, 4.69) is 29.7 Å². The molecule has 0 saturated carbocycles. The molecule has 0 spiro atoms. The van der Waals surface area contributed by atoms with Gasteiger partial charge in [-0.25, -0.2) is 4.79 Å². The van der Waals surface area contributed by atoms with Crippen LogP contribution in [0.3, 0.4) is 0 Å². The fourth-order valence-corrected chi connectivity index (χ4v) is 2.06. The highest BCUT2D eigenvalue weighted by Crippen LogP contribution is 2.13. The van der Waals surface area contributed by atoms with Crippen molar-refractivity contribution in [1.29, 1.82) is 5.26 Å². The predicted molar refractivity (Wildman–Crippen MR) is 83.1 cm³/mol. The molecular weight excluding hydrogens is 262 g/mol. The lowest BCUT2D eigenvalue weighted by Gasteiger charge is -2.09. The number of nitriles is 1.